The smallest absolute Gasteiger partial charge is 0.305 e. The van der Waals surface area contributed by atoms with E-state index in [4.69, 9.17) is 4.74 Å². The number of carbonyl (C=O) groups is 2. The Hall–Kier alpha value is -1.66. The van der Waals surface area contributed by atoms with E-state index in [9.17, 15) is 19.8 Å². The summed E-state index contributed by atoms with van der Waals surface area (Å²) in [5.41, 5.74) is 0. The van der Waals surface area contributed by atoms with Gasteiger partial charge in [-0.15, -0.1) is 0 Å². The summed E-state index contributed by atoms with van der Waals surface area (Å²) < 4.78 is 5.51. The summed E-state index contributed by atoms with van der Waals surface area (Å²) >= 11 is 0. The van der Waals surface area contributed by atoms with E-state index in [1.165, 1.54) is 385 Å². The van der Waals surface area contributed by atoms with Crippen LogP contribution in [0, 0.1) is 0 Å². The highest BCUT2D eigenvalue weighted by Gasteiger charge is 2.20. The molecule has 3 N–H and O–H groups in total. The van der Waals surface area contributed by atoms with E-state index >= 15 is 0 Å². The van der Waals surface area contributed by atoms with Crippen LogP contribution in [-0.2, 0) is 14.3 Å². The zero-order valence-electron chi connectivity index (χ0n) is 60.0. The molecule has 0 aromatic heterocycles. The lowest BCUT2D eigenvalue weighted by atomic mass is 10.0. The number of aliphatic hydroxyl groups excluding tert-OH is 2. The third-order valence-corrected chi connectivity index (χ3v) is 19.2. The summed E-state index contributed by atoms with van der Waals surface area (Å²) in [6, 6.07) is -0.541. The fourth-order valence-corrected chi connectivity index (χ4v) is 13.0. The minimum atomic E-state index is -0.664. The first kappa shape index (κ1) is 86.3. The van der Waals surface area contributed by atoms with Crippen LogP contribution in [0.4, 0.5) is 0 Å². The first-order valence-corrected chi connectivity index (χ1v) is 40.6. The highest BCUT2D eigenvalue weighted by atomic mass is 16.5. The molecule has 88 heavy (non-hydrogen) atoms. The lowest BCUT2D eigenvalue weighted by Crippen LogP contribution is -2.45. The molecule has 0 saturated heterocycles. The van der Waals surface area contributed by atoms with Crippen LogP contribution >= 0.6 is 0 Å². The van der Waals surface area contributed by atoms with E-state index in [0.717, 1.165) is 44.9 Å². The Kier molecular flexibility index (Phi) is 76.3. The monoisotopic (exact) mass is 1240 g/mol. The maximum Gasteiger partial charge on any atom is 0.305 e. The Balaban J connectivity index is 3.35. The van der Waals surface area contributed by atoms with Crippen molar-refractivity contribution in [2.75, 3.05) is 13.2 Å². The topological polar surface area (TPSA) is 95.9 Å². The van der Waals surface area contributed by atoms with Gasteiger partial charge in [0.05, 0.1) is 25.4 Å². The molecule has 0 aromatic carbocycles. The van der Waals surface area contributed by atoms with Crippen molar-refractivity contribution >= 4 is 11.9 Å². The van der Waals surface area contributed by atoms with Gasteiger partial charge in [0.25, 0.3) is 0 Å². The van der Waals surface area contributed by atoms with Crippen molar-refractivity contribution in [3.05, 3.63) is 24.3 Å². The normalized spacial score (nSPS) is 12.5. The van der Waals surface area contributed by atoms with Gasteiger partial charge >= 0.3 is 5.97 Å². The molecule has 6 heteroatoms. The maximum absolute atomic E-state index is 12.6. The van der Waals surface area contributed by atoms with Crippen LogP contribution in [0.1, 0.15) is 463 Å². The summed E-state index contributed by atoms with van der Waals surface area (Å²) in [5.74, 6) is -0.0108. The number of esters is 1. The SMILES string of the molecule is CCCCCCCC/C=C\CCCCCCCCCC(=O)OCCCCCCCCCCCCCC/C=C\CCCCCCCCCCCCCCCCCCC(=O)NC(CO)C(O)CCCCCCCCCCCCCCCCCCCCCCCC. The van der Waals surface area contributed by atoms with Crippen molar-refractivity contribution in [2.45, 2.75) is 475 Å². The van der Waals surface area contributed by atoms with Crippen LogP contribution in [0.15, 0.2) is 24.3 Å². The van der Waals surface area contributed by atoms with Gasteiger partial charge in [0.1, 0.15) is 0 Å². The maximum atomic E-state index is 12.6. The number of hydrogen-bond acceptors (Lipinski definition) is 5. The molecule has 0 radical (unpaired) electrons. The predicted octanol–water partition coefficient (Wildman–Crippen LogP) is 26.8. The van der Waals surface area contributed by atoms with Crippen LogP contribution in [0.5, 0.6) is 0 Å². The van der Waals surface area contributed by atoms with E-state index in [1.54, 1.807) is 0 Å². The number of nitrogens with one attached hydrogen (secondary N) is 1. The Morgan fingerprint density at radius 1 is 0.307 bits per heavy atom. The number of unbranched alkanes of at least 4 members (excludes halogenated alkanes) is 62. The van der Waals surface area contributed by atoms with Gasteiger partial charge < -0.3 is 20.3 Å². The van der Waals surface area contributed by atoms with Gasteiger partial charge in [0, 0.05) is 12.8 Å². The molecule has 0 heterocycles. The van der Waals surface area contributed by atoms with Gasteiger partial charge in [-0.05, 0) is 77.0 Å². The number of hydrogen-bond donors (Lipinski definition) is 3. The molecular weight excluding hydrogens is 1080 g/mol. The number of ether oxygens (including phenoxy) is 1. The molecule has 0 aliphatic heterocycles. The zero-order valence-corrected chi connectivity index (χ0v) is 60.0. The Bertz CT molecular complexity index is 1380. The van der Waals surface area contributed by atoms with E-state index in [0.29, 0.717) is 25.9 Å². The van der Waals surface area contributed by atoms with E-state index in [2.05, 4.69) is 43.5 Å². The molecule has 0 aromatic rings. The minimum Gasteiger partial charge on any atom is -0.466 e. The number of aliphatic hydroxyl groups is 2. The molecule has 0 rings (SSSR count). The molecule has 0 bridgehead atoms. The van der Waals surface area contributed by atoms with E-state index in [-0.39, 0.29) is 18.5 Å². The van der Waals surface area contributed by atoms with Gasteiger partial charge in [-0.2, -0.15) is 0 Å². The molecule has 0 fully saturated rings. The van der Waals surface area contributed by atoms with Gasteiger partial charge in [0.2, 0.25) is 5.91 Å². The summed E-state index contributed by atoms with van der Waals surface area (Å²) in [6.45, 7) is 5.00. The highest BCUT2D eigenvalue weighted by molar-refractivity contribution is 5.76. The molecule has 0 spiro atoms. The van der Waals surface area contributed by atoms with Crippen molar-refractivity contribution in [2.24, 2.45) is 0 Å². The molecule has 0 aliphatic carbocycles. The lowest BCUT2D eigenvalue weighted by Gasteiger charge is -2.22. The van der Waals surface area contributed by atoms with Gasteiger partial charge in [-0.3, -0.25) is 9.59 Å². The second-order valence-electron chi connectivity index (χ2n) is 28.1. The van der Waals surface area contributed by atoms with Gasteiger partial charge in [-0.1, -0.05) is 398 Å². The van der Waals surface area contributed by atoms with Crippen molar-refractivity contribution in [1.29, 1.82) is 0 Å². The Morgan fingerprint density at radius 2 is 0.534 bits per heavy atom. The molecule has 522 valence electrons. The first-order valence-electron chi connectivity index (χ1n) is 40.6. The highest BCUT2D eigenvalue weighted by Crippen LogP contribution is 2.20. The number of rotatable bonds is 77. The summed E-state index contributed by atoms with van der Waals surface area (Å²) in [7, 11) is 0. The Morgan fingerprint density at radius 3 is 0.807 bits per heavy atom. The number of amides is 1. The van der Waals surface area contributed by atoms with Crippen LogP contribution in [0.2, 0.25) is 0 Å². The van der Waals surface area contributed by atoms with E-state index in [1.807, 2.05) is 0 Å². The number of allylic oxidation sites excluding steroid dienone is 4. The molecule has 1 amide bonds. The predicted molar refractivity (Wildman–Crippen MR) is 389 cm³/mol. The molecule has 2 atom stereocenters. The second-order valence-corrected chi connectivity index (χ2v) is 28.1. The van der Waals surface area contributed by atoms with Crippen LogP contribution in [0.25, 0.3) is 0 Å². The Labute approximate surface area is 551 Å². The average Bonchev–Trinajstić information content (AvgIpc) is 3.58. The fourth-order valence-electron chi connectivity index (χ4n) is 13.0. The van der Waals surface area contributed by atoms with Crippen LogP contribution in [-0.4, -0.2) is 47.4 Å². The summed E-state index contributed by atoms with van der Waals surface area (Å²) in [6.07, 6.45) is 99.9. The third-order valence-electron chi connectivity index (χ3n) is 19.2. The summed E-state index contributed by atoms with van der Waals surface area (Å²) in [4.78, 5) is 24.7. The average molecular weight is 1240 g/mol. The largest absolute Gasteiger partial charge is 0.466 e. The first-order chi connectivity index (χ1) is 43.5. The molecule has 0 saturated carbocycles. The lowest BCUT2D eigenvalue weighted by molar-refractivity contribution is -0.143. The van der Waals surface area contributed by atoms with Crippen LogP contribution < -0.4 is 5.32 Å². The zero-order chi connectivity index (χ0) is 63.5. The quantitative estimate of drug-likeness (QED) is 0.0320. The summed E-state index contributed by atoms with van der Waals surface area (Å²) in [5, 5.41) is 23.5. The van der Waals surface area contributed by atoms with Gasteiger partial charge in [0.15, 0.2) is 0 Å². The number of carbonyl (C=O) groups excluding carboxylic acids is 2. The standard InChI is InChI=1S/C82H159NO5/c1-3-5-7-9-11-13-15-17-19-21-22-23-36-39-43-46-50-54-58-62-66-70-74-80(85)79(78-84)83-81(86)75-71-67-63-59-55-51-47-44-40-37-34-32-30-28-26-24-25-27-29-31-33-35-38-41-45-49-53-57-61-65-69-73-77-88-82(87)76-72-68-64-60-56-52-48-42-20-18-16-14-12-10-8-6-4-2/h18,20,27,29,79-80,84-85H,3-17,19,21-26,28,30-78H2,1-2H3,(H,83,86)/b20-18-,29-27-. The van der Waals surface area contributed by atoms with E-state index < -0.39 is 12.1 Å². The van der Waals surface area contributed by atoms with Crippen LogP contribution in [0.3, 0.4) is 0 Å². The second kappa shape index (κ2) is 77.8. The molecular formula is C82H159NO5. The minimum absolute atomic E-state index is 0.0160. The van der Waals surface area contributed by atoms with Crippen molar-refractivity contribution in [3.8, 4) is 0 Å². The van der Waals surface area contributed by atoms with Crippen molar-refractivity contribution in [3.63, 3.8) is 0 Å². The molecule has 0 aliphatic rings. The fraction of sp³-hybridized carbons (Fsp3) is 0.927. The third kappa shape index (κ3) is 73.4. The van der Waals surface area contributed by atoms with Gasteiger partial charge in [-0.25, -0.2) is 0 Å². The molecule has 2 unspecified atom stereocenters. The van der Waals surface area contributed by atoms with Crippen molar-refractivity contribution in [1.82, 2.24) is 5.32 Å². The molecule has 6 nitrogen and oxygen atoms in total. The van der Waals surface area contributed by atoms with Crippen molar-refractivity contribution < 1.29 is 24.5 Å².